The molecule has 2 heterocycles. The number of nitrogens with zero attached hydrogens (tertiary/aromatic N) is 1. The molecule has 0 saturated heterocycles. The molecule has 3 atom stereocenters. The first-order valence-electron chi connectivity index (χ1n) is 19.9. The van der Waals surface area contributed by atoms with Gasteiger partial charge in [0.1, 0.15) is 22.7 Å². The average molecular weight is 694 g/mol. The lowest BCUT2D eigenvalue weighted by Gasteiger charge is -2.38. The molecular formula is C50H47NO2. The van der Waals surface area contributed by atoms with E-state index in [1.54, 1.807) is 0 Å². The van der Waals surface area contributed by atoms with Crippen molar-refractivity contribution in [3.05, 3.63) is 171 Å². The summed E-state index contributed by atoms with van der Waals surface area (Å²) in [6.45, 7) is 4.80. The number of hydrogen-bond acceptors (Lipinski definition) is 3. The Bertz CT molecular complexity index is 2470. The van der Waals surface area contributed by atoms with Crippen LogP contribution in [0.5, 0.6) is 0 Å². The largest absolute Gasteiger partial charge is 0.460 e. The van der Waals surface area contributed by atoms with Gasteiger partial charge in [-0.25, -0.2) is 0 Å². The Kier molecular flexibility index (Phi) is 8.12. The van der Waals surface area contributed by atoms with Crippen LogP contribution in [0.25, 0.3) is 39.7 Å². The standard InChI is InChI=1S/C50H47NO2/c1-32-19-22-40(31-44(32)37-21-26-50-46(30-37)43-16-7-9-18-48(43)53-50)51(39-23-24-41(33(2)27-39)34-11-4-3-5-12-34)38-14-10-13-35(28-38)36-20-25-49-45(29-36)42-15-6-8-17-47(42)52-49/h3-7,9,11-12,15-16,18,20,22-25,28-33,35H,8,10,13-14,17,19,21,26-27H2,1-2H3/t32-,33?,35?/m0/s1. The maximum absolute atomic E-state index is 6.30. The third-order valence-electron chi connectivity index (χ3n) is 12.4. The molecule has 2 unspecified atom stereocenters. The lowest BCUT2D eigenvalue weighted by molar-refractivity contribution is 0.436. The van der Waals surface area contributed by atoms with Crippen LogP contribution in [0.15, 0.2) is 146 Å². The van der Waals surface area contributed by atoms with Crippen LogP contribution in [-0.4, -0.2) is 4.90 Å². The van der Waals surface area contributed by atoms with Gasteiger partial charge in [-0.1, -0.05) is 98.8 Å². The van der Waals surface area contributed by atoms with Crippen molar-refractivity contribution >= 4 is 39.7 Å². The Hall–Kier alpha value is -5.28. The van der Waals surface area contributed by atoms with Crippen molar-refractivity contribution < 1.29 is 8.83 Å². The predicted octanol–water partition coefficient (Wildman–Crippen LogP) is 13.5. The third kappa shape index (κ3) is 5.82. The summed E-state index contributed by atoms with van der Waals surface area (Å²) >= 11 is 0. The first-order valence-corrected chi connectivity index (χ1v) is 19.9. The van der Waals surface area contributed by atoms with Crippen molar-refractivity contribution in [1.29, 1.82) is 0 Å². The van der Waals surface area contributed by atoms with Crippen LogP contribution < -0.4 is 0 Å². The molecule has 0 bridgehead atoms. The van der Waals surface area contributed by atoms with Crippen molar-refractivity contribution in [2.75, 3.05) is 0 Å². The number of allylic oxidation sites excluding steroid dienone is 11. The zero-order valence-corrected chi connectivity index (χ0v) is 30.9. The zero-order valence-electron chi connectivity index (χ0n) is 30.9. The molecule has 53 heavy (non-hydrogen) atoms. The maximum Gasteiger partial charge on any atom is 0.134 e. The van der Waals surface area contributed by atoms with Gasteiger partial charge in [-0.3, -0.25) is 0 Å². The number of fused-ring (bicyclic) bond motifs is 6. The fourth-order valence-electron chi connectivity index (χ4n) is 9.62. The molecule has 0 N–H and O–H groups in total. The van der Waals surface area contributed by atoms with Crippen LogP contribution in [0.3, 0.4) is 0 Å². The van der Waals surface area contributed by atoms with Crippen LogP contribution in [0, 0.1) is 11.8 Å². The second kappa shape index (κ2) is 13.3. The molecule has 5 aromatic rings. The smallest absolute Gasteiger partial charge is 0.134 e. The number of furan rings is 2. The maximum atomic E-state index is 6.30. The monoisotopic (exact) mass is 693 g/mol. The Morgan fingerprint density at radius 1 is 0.698 bits per heavy atom. The Morgan fingerprint density at radius 2 is 1.53 bits per heavy atom. The SMILES string of the molecule is CC1CC(N(C2=CC[C@H](C)C(C3=Cc4c(oc5ccccc45)CC3)=C2)C2=CC(c3ccc4oc5c(c4c3)C=CCC5)CCC2)=CC=C1c1ccccc1. The lowest BCUT2D eigenvalue weighted by Crippen LogP contribution is -2.27. The van der Waals surface area contributed by atoms with E-state index in [0.717, 1.165) is 74.1 Å². The summed E-state index contributed by atoms with van der Waals surface area (Å²) in [5.74, 6) is 3.51. The van der Waals surface area contributed by atoms with Gasteiger partial charge >= 0.3 is 0 Å². The minimum absolute atomic E-state index is 0.362. The number of aryl methyl sites for hydroxylation is 2. The fourth-order valence-corrected chi connectivity index (χ4v) is 9.62. The first kappa shape index (κ1) is 32.4. The van der Waals surface area contributed by atoms with E-state index >= 15 is 0 Å². The van der Waals surface area contributed by atoms with Crippen LogP contribution in [0.2, 0.25) is 0 Å². The molecule has 264 valence electrons. The molecule has 0 spiro atoms. The van der Waals surface area contributed by atoms with Crippen molar-refractivity contribution in [2.24, 2.45) is 11.8 Å². The second-order valence-electron chi connectivity index (χ2n) is 15.8. The molecule has 2 aromatic heterocycles. The van der Waals surface area contributed by atoms with Crippen molar-refractivity contribution in [1.82, 2.24) is 4.90 Å². The molecule has 0 amide bonds. The molecule has 0 fully saturated rings. The van der Waals surface area contributed by atoms with E-state index in [4.69, 9.17) is 8.83 Å². The van der Waals surface area contributed by atoms with Gasteiger partial charge in [-0.15, -0.1) is 0 Å². The molecule has 3 heteroatoms. The minimum atomic E-state index is 0.362. The van der Waals surface area contributed by atoms with Gasteiger partial charge in [-0.05, 0) is 121 Å². The predicted molar refractivity (Wildman–Crippen MR) is 219 cm³/mol. The summed E-state index contributed by atoms with van der Waals surface area (Å²) in [6, 6.07) is 26.4. The van der Waals surface area contributed by atoms with Crippen LogP contribution in [0.4, 0.5) is 0 Å². The van der Waals surface area contributed by atoms with Crippen LogP contribution in [0.1, 0.15) is 98.5 Å². The summed E-state index contributed by atoms with van der Waals surface area (Å²) in [7, 11) is 0. The summed E-state index contributed by atoms with van der Waals surface area (Å²) in [5.41, 5.74) is 15.8. The molecule has 3 aromatic carbocycles. The summed E-state index contributed by atoms with van der Waals surface area (Å²) in [4.78, 5) is 2.66. The molecule has 3 nitrogen and oxygen atoms in total. The third-order valence-corrected chi connectivity index (χ3v) is 12.4. The Morgan fingerprint density at radius 3 is 2.42 bits per heavy atom. The lowest BCUT2D eigenvalue weighted by atomic mass is 9.81. The van der Waals surface area contributed by atoms with Gasteiger partial charge in [0.05, 0.1) is 0 Å². The topological polar surface area (TPSA) is 29.5 Å². The van der Waals surface area contributed by atoms with Gasteiger partial charge in [0.2, 0.25) is 0 Å². The number of rotatable bonds is 6. The van der Waals surface area contributed by atoms with Gasteiger partial charge in [0.25, 0.3) is 0 Å². The molecular weight excluding hydrogens is 647 g/mol. The normalized spacial score (nSPS) is 22.6. The van der Waals surface area contributed by atoms with Crippen molar-refractivity contribution in [2.45, 2.75) is 77.6 Å². The van der Waals surface area contributed by atoms with E-state index in [-0.39, 0.29) is 0 Å². The van der Waals surface area contributed by atoms with E-state index < -0.39 is 0 Å². The summed E-state index contributed by atoms with van der Waals surface area (Å²) in [6.07, 6.45) is 28.9. The van der Waals surface area contributed by atoms with Crippen LogP contribution in [-0.2, 0) is 12.8 Å². The molecule has 5 aliphatic carbocycles. The Labute approximate surface area is 313 Å². The average Bonchev–Trinajstić information content (AvgIpc) is 3.77. The summed E-state index contributed by atoms with van der Waals surface area (Å²) < 4.78 is 12.6. The van der Waals surface area contributed by atoms with E-state index in [1.165, 1.54) is 73.3 Å². The molecule has 10 rings (SSSR count). The van der Waals surface area contributed by atoms with E-state index in [9.17, 15) is 0 Å². The number of para-hydroxylation sites is 1. The number of hydrogen-bond donors (Lipinski definition) is 0. The van der Waals surface area contributed by atoms with Crippen molar-refractivity contribution in [3.8, 4) is 0 Å². The van der Waals surface area contributed by atoms with Gasteiger partial charge in [-0.2, -0.15) is 0 Å². The quantitative estimate of drug-likeness (QED) is 0.177. The molecule has 0 radical (unpaired) electrons. The molecule has 0 saturated carbocycles. The molecule has 5 aliphatic rings. The highest BCUT2D eigenvalue weighted by atomic mass is 16.3. The molecule has 0 aliphatic heterocycles. The van der Waals surface area contributed by atoms with Gasteiger partial charge in [0.15, 0.2) is 0 Å². The van der Waals surface area contributed by atoms with E-state index in [2.05, 4.69) is 140 Å². The highest BCUT2D eigenvalue weighted by Crippen LogP contribution is 2.45. The van der Waals surface area contributed by atoms with E-state index in [0.29, 0.717) is 17.8 Å². The van der Waals surface area contributed by atoms with Gasteiger partial charge in [0, 0.05) is 57.8 Å². The highest BCUT2D eigenvalue weighted by Gasteiger charge is 2.30. The second-order valence-corrected chi connectivity index (χ2v) is 15.8. The number of benzene rings is 3. The first-order chi connectivity index (χ1) is 26.1. The van der Waals surface area contributed by atoms with Gasteiger partial charge < -0.3 is 13.7 Å². The fraction of sp³-hybridized carbons (Fsp3) is 0.280. The zero-order chi connectivity index (χ0) is 35.5. The van der Waals surface area contributed by atoms with E-state index in [1.807, 2.05) is 0 Å². The Balaban J connectivity index is 1.06. The highest BCUT2D eigenvalue weighted by molar-refractivity contribution is 5.91. The van der Waals surface area contributed by atoms with Crippen LogP contribution >= 0.6 is 0 Å². The minimum Gasteiger partial charge on any atom is -0.460 e. The van der Waals surface area contributed by atoms with Crippen molar-refractivity contribution in [3.63, 3.8) is 0 Å². The summed E-state index contributed by atoms with van der Waals surface area (Å²) in [5, 5.41) is 2.49.